The van der Waals surface area contributed by atoms with E-state index in [0.29, 0.717) is 5.69 Å². The van der Waals surface area contributed by atoms with Gasteiger partial charge in [0, 0.05) is 25.6 Å². The lowest BCUT2D eigenvalue weighted by Crippen LogP contribution is -2.10. The fraction of sp³-hybridized carbons (Fsp3) is 0.200. The number of amides is 2. The van der Waals surface area contributed by atoms with Crippen molar-refractivity contribution in [2.24, 2.45) is 0 Å². The molecule has 2 amide bonds. The van der Waals surface area contributed by atoms with Gasteiger partial charge in [0.25, 0.3) is 0 Å². The third kappa shape index (κ3) is 2.88. The van der Waals surface area contributed by atoms with Crippen molar-refractivity contribution < 1.29 is 14.7 Å². The summed E-state index contributed by atoms with van der Waals surface area (Å²) in [5.41, 5.74) is 6.24. The largest absolute Gasteiger partial charge is 0.506 e. The van der Waals surface area contributed by atoms with Crippen molar-refractivity contribution in [2.75, 3.05) is 16.4 Å². The number of benzene rings is 1. The number of hydrogen-bond donors (Lipinski definition) is 4. The van der Waals surface area contributed by atoms with Crippen LogP contribution in [0, 0.1) is 0 Å². The van der Waals surface area contributed by atoms with Crippen LogP contribution < -0.4 is 16.4 Å². The van der Waals surface area contributed by atoms with Gasteiger partial charge < -0.3 is 21.5 Å². The van der Waals surface area contributed by atoms with Crippen LogP contribution in [-0.4, -0.2) is 16.9 Å². The minimum absolute atomic E-state index is 0.0595. The number of phenolic OH excluding ortho intramolecular Hbond substituents is 1. The quantitative estimate of drug-likeness (QED) is 0.441. The summed E-state index contributed by atoms with van der Waals surface area (Å²) >= 11 is 0. The van der Waals surface area contributed by atoms with E-state index in [-0.39, 0.29) is 28.9 Å². The molecular formula is C10H13N3O3. The van der Waals surface area contributed by atoms with Crippen molar-refractivity contribution in [2.45, 2.75) is 13.8 Å². The highest BCUT2D eigenvalue weighted by atomic mass is 16.3. The van der Waals surface area contributed by atoms with Gasteiger partial charge >= 0.3 is 0 Å². The second-order valence-electron chi connectivity index (χ2n) is 3.32. The molecule has 1 rings (SSSR count). The van der Waals surface area contributed by atoms with Gasteiger partial charge in [-0.25, -0.2) is 0 Å². The highest BCUT2D eigenvalue weighted by Crippen LogP contribution is 2.32. The van der Waals surface area contributed by atoms with Gasteiger partial charge in [0.1, 0.15) is 5.75 Å². The van der Waals surface area contributed by atoms with Gasteiger partial charge in [-0.1, -0.05) is 0 Å². The summed E-state index contributed by atoms with van der Waals surface area (Å²) in [5, 5.41) is 14.4. The zero-order valence-corrected chi connectivity index (χ0v) is 9.00. The van der Waals surface area contributed by atoms with E-state index in [1.807, 2.05) is 0 Å². The molecule has 86 valence electrons. The van der Waals surface area contributed by atoms with E-state index < -0.39 is 0 Å². The molecule has 1 aromatic rings. The lowest BCUT2D eigenvalue weighted by molar-refractivity contribution is -0.115. The molecule has 0 aliphatic carbocycles. The fourth-order valence-electron chi connectivity index (χ4n) is 1.21. The third-order valence-corrected chi connectivity index (χ3v) is 1.79. The molecule has 6 heteroatoms. The second kappa shape index (κ2) is 4.52. The number of phenols is 1. The number of nitrogens with two attached hydrogens (primary N) is 1. The first-order chi connectivity index (χ1) is 7.40. The van der Waals surface area contributed by atoms with Crippen LogP contribution in [0.3, 0.4) is 0 Å². The summed E-state index contributed by atoms with van der Waals surface area (Å²) in [5.74, 6) is -0.793. The molecule has 0 aliphatic heterocycles. The van der Waals surface area contributed by atoms with Gasteiger partial charge in [-0.3, -0.25) is 9.59 Å². The Hall–Kier alpha value is -2.24. The number of nitrogen functional groups attached to an aromatic ring is 1. The second-order valence-corrected chi connectivity index (χ2v) is 3.32. The Morgan fingerprint density at radius 1 is 1.19 bits per heavy atom. The van der Waals surface area contributed by atoms with Gasteiger partial charge in [0.05, 0.1) is 11.4 Å². The highest BCUT2D eigenvalue weighted by Gasteiger charge is 2.09. The van der Waals surface area contributed by atoms with Crippen molar-refractivity contribution >= 4 is 28.9 Å². The zero-order valence-electron chi connectivity index (χ0n) is 9.00. The molecule has 0 radical (unpaired) electrons. The number of anilines is 3. The van der Waals surface area contributed by atoms with Gasteiger partial charge in [0.2, 0.25) is 11.8 Å². The number of nitrogens with one attached hydrogen (secondary N) is 2. The Bertz CT molecular complexity index is 443. The number of carbonyl (C=O) groups is 2. The van der Waals surface area contributed by atoms with E-state index in [1.165, 1.54) is 26.0 Å². The maximum Gasteiger partial charge on any atom is 0.221 e. The first-order valence-corrected chi connectivity index (χ1v) is 4.58. The van der Waals surface area contributed by atoms with Crippen molar-refractivity contribution in [3.8, 4) is 5.75 Å². The molecule has 0 saturated heterocycles. The highest BCUT2D eigenvalue weighted by molar-refractivity contribution is 5.96. The summed E-state index contributed by atoms with van der Waals surface area (Å²) in [4.78, 5) is 21.7. The van der Waals surface area contributed by atoms with Crippen LogP contribution in [0.25, 0.3) is 0 Å². The number of aromatic hydroxyl groups is 1. The molecule has 6 nitrogen and oxygen atoms in total. The normalized spacial score (nSPS) is 9.62. The van der Waals surface area contributed by atoms with E-state index in [9.17, 15) is 14.7 Å². The predicted octanol–water partition coefficient (Wildman–Crippen LogP) is 0.891. The van der Waals surface area contributed by atoms with Gasteiger partial charge in [-0.05, 0) is 6.07 Å². The Kier molecular flexibility index (Phi) is 3.34. The monoisotopic (exact) mass is 223 g/mol. The molecule has 0 aliphatic rings. The van der Waals surface area contributed by atoms with Crippen LogP contribution in [-0.2, 0) is 9.59 Å². The zero-order chi connectivity index (χ0) is 12.3. The van der Waals surface area contributed by atoms with E-state index in [1.54, 1.807) is 0 Å². The summed E-state index contributed by atoms with van der Waals surface area (Å²) < 4.78 is 0. The number of carbonyl (C=O) groups excluding carboxylic acids is 2. The summed E-state index contributed by atoms with van der Waals surface area (Å²) in [6, 6.07) is 2.78. The predicted molar refractivity (Wildman–Crippen MR) is 61.1 cm³/mol. The molecule has 1 aromatic carbocycles. The first-order valence-electron chi connectivity index (χ1n) is 4.58. The van der Waals surface area contributed by atoms with Crippen LogP contribution in [0.2, 0.25) is 0 Å². The van der Waals surface area contributed by atoms with E-state index >= 15 is 0 Å². The van der Waals surface area contributed by atoms with Crippen LogP contribution >= 0.6 is 0 Å². The van der Waals surface area contributed by atoms with Crippen LogP contribution in [0.5, 0.6) is 5.75 Å². The molecule has 0 saturated carbocycles. The number of hydrogen-bond acceptors (Lipinski definition) is 4. The molecule has 0 unspecified atom stereocenters. The Morgan fingerprint density at radius 2 is 1.75 bits per heavy atom. The van der Waals surface area contributed by atoms with E-state index in [0.717, 1.165) is 0 Å². The standard InChI is InChI=1S/C10H13N3O3/c1-5(14)12-7-3-8(13-6(2)15)10(11)9(16)4-7/h3-4,16H,11H2,1-2H3,(H,12,14)(H,13,15). The molecule has 0 atom stereocenters. The Labute approximate surface area is 92.4 Å². The molecule has 0 heterocycles. The van der Waals surface area contributed by atoms with Crippen LogP contribution in [0.15, 0.2) is 12.1 Å². The summed E-state index contributed by atoms with van der Waals surface area (Å²) in [7, 11) is 0. The minimum atomic E-state index is -0.314. The first kappa shape index (κ1) is 11.8. The summed E-state index contributed by atoms with van der Waals surface area (Å²) in [6.07, 6.45) is 0. The average Bonchev–Trinajstić information content (AvgIpc) is 2.11. The average molecular weight is 223 g/mol. The van der Waals surface area contributed by atoms with Crippen molar-refractivity contribution in [1.82, 2.24) is 0 Å². The van der Waals surface area contributed by atoms with Crippen molar-refractivity contribution in [3.63, 3.8) is 0 Å². The Balaban J connectivity index is 3.11. The minimum Gasteiger partial charge on any atom is -0.506 e. The lowest BCUT2D eigenvalue weighted by atomic mass is 10.2. The SMILES string of the molecule is CC(=O)Nc1cc(O)c(N)c(NC(C)=O)c1. The third-order valence-electron chi connectivity index (χ3n) is 1.79. The smallest absolute Gasteiger partial charge is 0.221 e. The molecule has 0 spiro atoms. The van der Waals surface area contributed by atoms with Crippen LogP contribution in [0.4, 0.5) is 17.1 Å². The molecule has 16 heavy (non-hydrogen) atoms. The molecular weight excluding hydrogens is 210 g/mol. The van der Waals surface area contributed by atoms with Gasteiger partial charge in [-0.15, -0.1) is 0 Å². The van der Waals surface area contributed by atoms with E-state index in [4.69, 9.17) is 5.73 Å². The molecule has 5 N–H and O–H groups in total. The van der Waals surface area contributed by atoms with Gasteiger partial charge in [0.15, 0.2) is 0 Å². The van der Waals surface area contributed by atoms with E-state index in [2.05, 4.69) is 10.6 Å². The van der Waals surface area contributed by atoms with Crippen molar-refractivity contribution in [3.05, 3.63) is 12.1 Å². The molecule has 0 bridgehead atoms. The molecule has 0 aromatic heterocycles. The maximum absolute atomic E-state index is 10.9. The lowest BCUT2D eigenvalue weighted by Gasteiger charge is -2.11. The fourth-order valence-corrected chi connectivity index (χ4v) is 1.21. The maximum atomic E-state index is 10.9. The topological polar surface area (TPSA) is 104 Å². The van der Waals surface area contributed by atoms with Crippen molar-refractivity contribution in [1.29, 1.82) is 0 Å². The Morgan fingerprint density at radius 3 is 2.25 bits per heavy atom. The van der Waals surface area contributed by atoms with Gasteiger partial charge in [-0.2, -0.15) is 0 Å². The number of rotatable bonds is 2. The molecule has 0 fully saturated rings. The summed E-state index contributed by atoms with van der Waals surface area (Å²) in [6.45, 7) is 2.66. The van der Waals surface area contributed by atoms with Crippen LogP contribution in [0.1, 0.15) is 13.8 Å².